The molecule has 1 fully saturated rings. The number of hydrogen-bond donors (Lipinski definition) is 0. The number of halogens is 3. The molecule has 0 aliphatic carbocycles. The lowest BCUT2D eigenvalue weighted by molar-refractivity contribution is -0.144. The van der Waals surface area contributed by atoms with Crippen LogP contribution < -0.4 is 4.90 Å². The zero-order valence-electron chi connectivity index (χ0n) is 9.54. The maximum absolute atomic E-state index is 12.5. The number of aromatic nitrogens is 2. The van der Waals surface area contributed by atoms with Crippen LogP contribution in [-0.2, 0) is 6.18 Å². The van der Waals surface area contributed by atoms with Gasteiger partial charge in [-0.15, -0.1) is 0 Å². The molecule has 0 bridgehead atoms. The van der Waals surface area contributed by atoms with Crippen LogP contribution in [0.4, 0.5) is 19.0 Å². The maximum atomic E-state index is 12.5. The summed E-state index contributed by atoms with van der Waals surface area (Å²) in [5.41, 5.74) is 0. The van der Waals surface area contributed by atoms with Crippen molar-refractivity contribution in [2.75, 3.05) is 18.0 Å². The molecule has 0 saturated carbocycles. The fourth-order valence-electron chi connectivity index (χ4n) is 1.90. The fraction of sp³-hybridized carbons (Fsp3) is 0.636. The monoisotopic (exact) mass is 245 g/mol. The average molecular weight is 245 g/mol. The van der Waals surface area contributed by atoms with Crippen LogP contribution in [-0.4, -0.2) is 23.1 Å². The SMILES string of the molecule is CC1CCN(c2ccnc(C(F)(F)F)n2)CC1. The molecule has 94 valence electrons. The van der Waals surface area contributed by atoms with Gasteiger partial charge in [0.05, 0.1) is 0 Å². The van der Waals surface area contributed by atoms with Gasteiger partial charge in [0.1, 0.15) is 5.82 Å². The van der Waals surface area contributed by atoms with Gasteiger partial charge in [0, 0.05) is 19.3 Å². The molecule has 6 heteroatoms. The van der Waals surface area contributed by atoms with Crippen molar-refractivity contribution < 1.29 is 13.2 Å². The third-order valence-corrected chi connectivity index (χ3v) is 3.00. The van der Waals surface area contributed by atoms with E-state index >= 15 is 0 Å². The van der Waals surface area contributed by atoms with Crippen molar-refractivity contribution in [3.05, 3.63) is 18.1 Å². The molecule has 1 aromatic heterocycles. The largest absolute Gasteiger partial charge is 0.451 e. The summed E-state index contributed by atoms with van der Waals surface area (Å²) >= 11 is 0. The van der Waals surface area contributed by atoms with Crippen LogP contribution in [0.1, 0.15) is 25.6 Å². The van der Waals surface area contributed by atoms with Crippen LogP contribution in [0.3, 0.4) is 0 Å². The third kappa shape index (κ3) is 2.87. The maximum Gasteiger partial charge on any atom is 0.451 e. The number of hydrogen-bond acceptors (Lipinski definition) is 3. The first-order chi connectivity index (χ1) is 7.97. The Balaban J connectivity index is 2.16. The number of rotatable bonds is 1. The molecule has 0 radical (unpaired) electrons. The third-order valence-electron chi connectivity index (χ3n) is 3.00. The molecule has 2 rings (SSSR count). The van der Waals surface area contributed by atoms with E-state index in [-0.39, 0.29) is 0 Å². The van der Waals surface area contributed by atoms with E-state index in [4.69, 9.17) is 0 Å². The van der Waals surface area contributed by atoms with Gasteiger partial charge in [0.25, 0.3) is 0 Å². The van der Waals surface area contributed by atoms with Gasteiger partial charge >= 0.3 is 6.18 Å². The van der Waals surface area contributed by atoms with E-state index in [1.165, 1.54) is 12.3 Å². The van der Waals surface area contributed by atoms with Gasteiger partial charge < -0.3 is 4.90 Å². The lowest BCUT2D eigenvalue weighted by Gasteiger charge is -2.31. The molecule has 0 aromatic carbocycles. The van der Waals surface area contributed by atoms with Crippen molar-refractivity contribution in [2.45, 2.75) is 25.9 Å². The highest BCUT2D eigenvalue weighted by Crippen LogP contribution is 2.28. The second kappa shape index (κ2) is 4.50. The van der Waals surface area contributed by atoms with Crippen molar-refractivity contribution in [3.8, 4) is 0 Å². The highest BCUT2D eigenvalue weighted by molar-refractivity contribution is 5.38. The summed E-state index contributed by atoms with van der Waals surface area (Å²) < 4.78 is 37.4. The second-order valence-electron chi connectivity index (χ2n) is 4.41. The number of nitrogens with zero attached hydrogens (tertiary/aromatic N) is 3. The second-order valence-corrected chi connectivity index (χ2v) is 4.41. The van der Waals surface area contributed by atoms with Crippen LogP contribution in [0, 0.1) is 5.92 Å². The zero-order chi connectivity index (χ0) is 12.5. The summed E-state index contributed by atoms with van der Waals surface area (Å²) in [4.78, 5) is 8.73. The molecule has 1 aromatic rings. The molecule has 3 nitrogen and oxygen atoms in total. The highest BCUT2D eigenvalue weighted by Gasteiger charge is 2.35. The van der Waals surface area contributed by atoms with Crippen molar-refractivity contribution in [1.29, 1.82) is 0 Å². The van der Waals surface area contributed by atoms with Crippen LogP contribution >= 0.6 is 0 Å². The van der Waals surface area contributed by atoms with Crippen molar-refractivity contribution >= 4 is 5.82 Å². The molecule has 17 heavy (non-hydrogen) atoms. The van der Waals surface area contributed by atoms with Crippen molar-refractivity contribution in [1.82, 2.24) is 9.97 Å². The Bertz CT molecular complexity index is 384. The molecule has 0 amide bonds. The first-order valence-electron chi connectivity index (χ1n) is 5.62. The Morgan fingerprint density at radius 2 is 1.94 bits per heavy atom. The van der Waals surface area contributed by atoms with E-state index in [0.717, 1.165) is 25.9 Å². The average Bonchev–Trinajstić information content (AvgIpc) is 2.29. The van der Waals surface area contributed by atoms with Gasteiger partial charge in [-0.05, 0) is 24.8 Å². The van der Waals surface area contributed by atoms with Gasteiger partial charge in [-0.25, -0.2) is 9.97 Å². The molecule has 2 heterocycles. The predicted octanol–water partition coefficient (Wildman–Crippen LogP) is 2.73. The van der Waals surface area contributed by atoms with E-state index in [0.29, 0.717) is 11.7 Å². The Morgan fingerprint density at radius 1 is 1.29 bits per heavy atom. The zero-order valence-corrected chi connectivity index (χ0v) is 9.54. The number of anilines is 1. The Hall–Kier alpha value is -1.33. The summed E-state index contributed by atoms with van der Waals surface area (Å²) in [6.45, 7) is 3.67. The summed E-state index contributed by atoms with van der Waals surface area (Å²) in [5.74, 6) is -0.0528. The van der Waals surface area contributed by atoms with Crippen LogP contribution in [0.15, 0.2) is 12.3 Å². The number of piperidine rings is 1. The smallest absolute Gasteiger partial charge is 0.356 e. The Labute approximate surface area is 97.7 Å². The lowest BCUT2D eigenvalue weighted by atomic mass is 9.99. The molecule has 1 aliphatic heterocycles. The number of alkyl halides is 3. The van der Waals surface area contributed by atoms with E-state index in [1.54, 1.807) is 0 Å². The minimum atomic E-state index is -4.47. The summed E-state index contributed by atoms with van der Waals surface area (Å²) in [6, 6.07) is 1.53. The Kier molecular flexibility index (Phi) is 3.22. The minimum absolute atomic E-state index is 0.374. The van der Waals surface area contributed by atoms with E-state index < -0.39 is 12.0 Å². The molecule has 1 aliphatic rings. The lowest BCUT2D eigenvalue weighted by Crippen LogP contribution is -2.33. The highest BCUT2D eigenvalue weighted by atomic mass is 19.4. The molecule has 1 saturated heterocycles. The molecular formula is C11H14F3N3. The summed E-state index contributed by atoms with van der Waals surface area (Å²) in [6.07, 6.45) is -1.32. The summed E-state index contributed by atoms with van der Waals surface area (Å²) in [5, 5.41) is 0. The van der Waals surface area contributed by atoms with Gasteiger partial charge in [-0.1, -0.05) is 6.92 Å². The molecule has 0 N–H and O–H groups in total. The van der Waals surface area contributed by atoms with Crippen molar-refractivity contribution in [2.24, 2.45) is 5.92 Å². The molecule has 0 spiro atoms. The van der Waals surface area contributed by atoms with Gasteiger partial charge in [-0.2, -0.15) is 13.2 Å². The van der Waals surface area contributed by atoms with Gasteiger partial charge in [-0.3, -0.25) is 0 Å². The van der Waals surface area contributed by atoms with E-state index in [2.05, 4.69) is 16.9 Å². The molecule has 0 atom stereocenters. The standard InChI is InChI=1S/C11H14F3N3/c1-8-3-6-17(7-4-8)9-2-5-15-10(16-9)11(12,13)14/h2,5,8H,3-4,6-7H2,1H3. The quantitative estimate of drug-likeness (QED) is 0.761. The van der Waals surface area contributed by atoms with Crippen molar-refractivity contribution in [3.63, 3.8) is 0 Å². The first kappa shape index (κ1) is 12.1. The molecular weight excluding hydrogens is 231 g/mol. The van der Waals surface area contributed by atoms with E-state index in [9.17, 15) is 13.2 Å². The molecule has 0 unspecified atom stereocenters. The summed E-state index contributed by atoms with van der Waals surface area (Å²) in [7, 11) is 0. The van der Waals surface area contributed by atoms with Gasteiger partial charge in [0.2, 0.25) is 5.82 Å². The first-order valence-corrected chi connectivity index (χ1v) is 5.62. The van der Waals surface area contributed by atoms with Crippen LogP contribution in [0.2, 0.25) is 0 Å². The topological polar surface area (TPSA) is 29.0 Å². The fourth-order valence-corrected chi connectivity index (χ4v) is 1.90. The van der Waals surface area contributed by atoms with Crippen LogP contribution in [0.25, 0.3) is 0 Å². The van der Waals surface area contributed by atoms with Crippen LogP contribution in [0.5, 0.6) is 0 Å². The van der Waals surface area contributed by atoms with Gasteiger partial charge in [0.15, 0.2) is 0 Å². The predicted molar refractivity (Wildman–Crippen MR) is 57.6 cm³/mol. The van der Waals surface area contributed by atoms with E-state index in [1.807, 2.05) is 4.90 Å². The normalized spacial score (nSPS) is 18.5. The minimum Gasteiger partial charge on any atom is -0.356 e. The Morgan fingerprint density at radius 3 is 2.53 bits per heavy atom.